The summed E-state index contributed by atoms with van der Waals surface area (Å²) in [6.45, 7) is 2.74. The largest absolute Gasteiger partial charge is 0.287 e. The fraction of sp³-hybridized carbons (Fsp3) is 0.154. The number of nitrogens with zero attached hydrogens (tertiary/aromatic N) is 3. The van der Waals surface area contributed by atoms with Gasteiger partial charge in [-0.3, -0.25) is 14.5 Å². The molecule has 2 aromatic rings. The molecule has 0 saturated heterocycles. The van der Waals surface area contributed by atoms with E-state index in [4.69, 9.17) is 0 Å². The lowest BCUT2D eigenvalue weighted by Gasteiger charge is -1.92. The third-order valence-corrected chi connectivity index (χ3v) is 2.33. The van der Waals surface area contributed by atoms with E-state index in [9.17, 15) is 4.79 Å². The highest BCUT2D eigenvalue weighted by atomic mass is 16.1. The topological polar surface area (TPSA) is 47.8 Å². The molecule has 4 heteroatoms. The molecular formula is C13H13N3O. The Labute approximate surface area is 99.6 Å². The standard InChI is InChI=1S/C13H13N3O/c1-2-16-9-7-12(15-16)13(17)6-5-11-4-3-8-14-10-11/h3-10H,2H2,1H3/b6-5+. The summed E-state index contributed by atoms with van der Waals surface area (Å²) in [5, 5.41) is 4.14. The molecule has 2 aromatic heterocycles. The second kappa shape index (κ2) is 5.21. The van der Waals surface area contributed by atoms with Gasteiger partial charge in [0.25, 0.3) is 0 Å². The van der Waals surface area contributed by atoms with E-state index in [1.165, 1.54) is 6.08 Å². The van der Waals surface area contributed by atoms with Crippen molar-refractivity contribution in [3.8, 4) is 0 Å². The second-order valence-corrected chi connectivity index (χ2v) is 3.54. The van der Waals surface area contributed by atoms with Crippen molar-refractivity contribution >= 4 is 11.9 Å². The van der Waals surface area contributed by atoms with Crippen LogP contribution < -0.4 is 0 Å². The lowest BCUT2D eigenvalue weighted by Crippen LogP contribution is -1.99. The average molecular weight is 227 g/mol. The Morgan fingerprint density at radius 3 is 3.00 bits per heavy atom. The van der Waals surface area contributed by atoms with E-state index in [0.717, 1.165) is 12.1 Å². The van der Waals surface area contributed by atoms with Gasteiger partial charge in [0.15, 0.2) is 0 Å². The number of aryl methyl sites for hydroxylation is 1. The van der Waals surface area contributed by atoms with Gasteiger partial charge in [0.05, 0.1) is 0 Å². The van der Waals surface area contributed by atoms with Crippen LogP contribution >= 0.6 is 0 Å². The van der Waals surface area contributed by atoms with E-state index in [1.54, 1.807) is 35.4 Å². The first-order chi connectivity index (χ1) is 8.29. The quantitative estimate of drug-likeness (QED) is 0.594. The summed E-state index contributed by atoms with van der Waals surface area (Å²) >= 11 is 0. The molecular weight excluding hydrogens is 214 g/mol. The van der Waals surface area contributed by atoms with E-state index in [-0.39, 0.29) is 5.78 Å². The highest BCUT2D eigenvalue weighted by molar-refractivity contribution is 6.05. The normalized spacial score (nSPS) is 10.9. The minimum Gasteiger partial charge on any atom is -0.287 e. The van der Waals surface area contributed by atoms with Gasteiger partial charge >= 0.3 is 0 Å². The molecule has 0 aliphatic carbocycles. The molecule has 0 N–H and O–H groups in total. The molecule has 0 spiro atoms. The summed E-state index contributed by atoms with van der Waals surface area (Å²) in [5.74, 6) is -0.0962. The van der Waals surface area contributed by atoms with Crippen LogP contribution in [0.25, 0.3) is 6.08 Å². The van der Waals surface area contributed by atoms with E-state index in [1.807, 2.05) is 19.1 Å². The van der Waals surface area contributed by atoms with Crippen molar-refractivity contribution in [2.45, 2.75) is 13.5 Å². The third-order valence-electron chi connectivity index (χ3n) is 2.33. The zero-order valence-corrected chi connectivity index (χ0v) is 9.58. The van der Waals surface area contributed by atoms with Crippen LogP contribution in [0, 0.1) is 0 Å². The first-order valence-electron chi connectivity index (χ1n) is 5.45. The second-order valence-electron chi connectivity index (χ2n) is 3.54. The molecule has 0 atom stereocenters. The Balaban J connectivity index is 2.09. The molecule has 0 aromatic carbocycles. The summed E-state index contributed by atoms with van der Waals surface area (Å²) in [5.41, 5.74) is 1.36. The molecule has 2 rings (SSSR count). The maximum atomic E-state index is 11.8. The van der Waals surface area contributed by atoms with Crippen molar-refractivity contribution in [3.63, 3.8) is 0 Å². The number of hydrogen-bond donors (Lipinski definition) is 0. The number of rotatable bonds is 4. The fourth-order valence-electron chi connectivity index (χ4n) is 1.40. The number of carbonyl (C=O) groups is 1. The molecule has 17 heavy (non-hydrogen) atoms. The molecule has 0 amide bonds. The van der Waals surface area contributed by atoms with Crippen LogP contribution in [0.1, 0.15) is 23.0 Å². The summed E-state index contributed by atoms with van der Waals surface area (Å²) in [4.78, 5) is 15.7. The van der Waals surface area contributed by atoms with Crippen LogP contribution in [0.4, 0.5) is 0 Å². The van der Waals surface area contributed by atoms with Gasteiger partial charge in [0, 0.05) is 25.1 Å². The van der Waals surface area contributed by atoms with Crippen molar-refractivity contribution in [2.24, 2.45) is 0 Å². The minimum atomic E-state index is -0.0962. The Kier molecular flexibility index (Phi) is 3.45. The Morgan fingerprint density at radius 1 is 1.47 bits per heavy atom. The van der Waals surface area contributed by atoms with Crippen LogP contribution in [0.15, 0.2) is 42.9 Å². The maximum absolute atomic E-state index is 11.8. The monoisotopic (exact) mass is 227 g/mol. The molecule has 0 radical (unpaired) electrons. The van der Waals surface area contributed by atoms with Gasteiger partial charge in [-0.15, -0.1) is 0 Å². The summed E-state index contributed by atoms with van der Waals surface area (Å²) in [6, 6.07) is 5.44. The Morgan fingerprint density at radius 2 is 2.35 bits per heavy atom. The van der Waals surface area contributed by atoms with Gasteiger partial charge in [0.2, 0.25) is 5.78 Å². The number of carbonyl (C=O) groups excluding carboxylic acids is 1. The van der Waals surface area contributed by atoms with Gasteiger partial charge in [0.1, 0.15) is 5.69 Å². The molecule has 86 valence electrons. The van der Waals surface area contributed by atoms with Gasteiger partial charge in [-0.2, -0.15) is 5.10 Å². The highest BCUT2D eigenvalue weighted by Crippen LogP contribution is 2.03. The van der Waals surface area contributed by atoms with Gasteiger partial charge < -0.3 is 0 Å². The van der Waals surface area contributed by atoms with Crippen molar-refractivity contribution in [3.05, 3.63) is 54.1 Å². The van der Waals surface area contributed by atoms with Crippen LogP contribution in [0.3, 0.4) is 0 Å². The predicted molar refractivity (Wildman–Crippen MR) is 65.5 cm³/mol. The lowest BCUT2D eigenvalue weighted by molar-refractivity contribution is 0.104. The molecule has 0 fully saturated rings. The Hall–Kier alpha value is -2.23. The van der Waals surface area contributed by atoms with Crippen molar-refractivity contribution < 1.29 is 4.79 Å². The maximum Gasteiger partial charge on any atom is 0.206 e. The molecule has 2 heterocycles. The smallest absolute Gasteiger partial charge is 0.206 e. The van der Waals surface area contributed by atoms with Gasteiger partial charge in [-0.25, -0.2) is 0 Å². The van der Waals surface area contributed by atoms with Crippen molar-refractivity contribution in [2.75, 3.05) is 0 Å². The molecule has 0 aliphatic heterocycles. The van der Waals surface area contributed by atoms with Crippen LogP contribution in [-0.4, -0.2) is 20.5 Å². The number of allylic oxidation sites excluding steroid dienone is 1. The number of ketones is 1. The molecule has 0 aliphatic rings. The van der Waals surface area contributed by atoms with Crippen molar-refractivity contribution in [1.29, 1.82) is 0 Å². The summed E-state index contributed by atoms with van der Waals surface area (Å²) in [7, 11) is 0. The van der Waals surface area contributed by atoms with E-state index in [0.29, 0.717) is 5.69 Å². The van der Waals surface area contributed by atoms with E-state index in [2.05, 4.69) is 10.1 Å². The summed E-state index contributed by atoms with van der Waals surface area (Å²) in [6.07, 6.45) is 8.45. The van der Waals surface area contributed by atoms with Gasteiger partial charge in [-0.1, -0.05) is 6.07 Å². The highest BCUT2D eigenvalue weighted by Gasteiger charge is 2.04. The van der Waals surface area contributed by atoms with Gasteiger partial charge in [-0.05, 0) is 36.8 Å². The number of hydrogen-bond acceptors (Lipinski definition) is 3. The Bertz CT molecular complexity index is 529. The molecule has 0 unspecified atom stereocenters. The number of pyridine rings is 1. The summed E-state index contributed by atoms with van der Waals surface area (Å²) < 4.78 is 1.73. The van der Waals surface area contributed by atoms with Crippen LogP contribution in [0.5, 0.6) is 0 Å². The minimum absolute atomic E-state index is 0.0962. The lowest BCUT2D eigenvalue weighted by atomic mass is 10.2. The zero-order chi connectivity index (χ0) is 12.1. The first-order valence-corrected chi connectivity index (χ1v) is 5.45. The SMILES string of the molecule is CCn1ccc(C(=O)/C=C/c2cccnc2)n1. The molecule has 0 bridgehead atoms. The van der Waals surface area contributed by atoms with E-state index >= 15 is 0 Å². The van der Waals surface area contributed by atoms with Crippen LogP contribution in [-0.2, 0) is 6.54 Å². The number of aromatic nitrogens is 3. The first kappa shape index (κ1) is 11.3. The average Bonchev–Trinajstić information content (AvgIpc) is 2.86. The van der Waals surface area contributed by atoms with E-state index < -0.39 is 0 Å². The third kappa shape index (κ3) is 2.87. The van der Waals surface area contributed by atoms with Crippen LogP contribution in [0.2, 0.25) is 0 Å². The van der Waals surface area contributed by atoms with Crippen molar-refractivity contribution in [1.82, 2.24) is 14.8 Å². The molecule has 4 nitrogen and oxygen atoms in total. The molecule has 0 saturated carbocycles. The zero-order valence-electron chi connectivity index (χ0n) is 9.58. The predicted octanol–water partition coefficient (Wildman–Crippen LogP) is 2.19. The fourth-order valence-corrected chi connectivity index (χ4v) is 1.40.